The van der Waals surface area contributed by atoms with Gasteiger partial charge in [0.05, 0.1) is 0 Å². The summed E-state index contributed by atoms with van der Waals surface area (Å²) in [5, 5.41) is 0. The summed E-state index contributed by atoms with van der Waals surface area (Å²) in [6.45, 7) is 2.76. The van der Waals surface area contributed by atoms with Gasteiger partial charge in [0.2, 0.25) is 0 Å². The monoisotopic (exact) mass is 156 g/mol. The molecular weight excluding hydrogens is 150 g/mol. The van der Waals surface area contributed by atoms with Crippen molar-refractivity contribution in [1.82, 2.24) is 0 Å². The van der Waals surface area contributed by atoms with Gasteiger partial charge in [0.15, 0.2) is 0 Å². The molecule has 5 heavy (non-hydrogen) atoms. The normalized spacial score (nSPS) is 9.00. The van der Waals surface area contributed by atoms with Crippen molar-refractivity contribution in [2.45, 2.75) is 6.92 Å². The van der Waals surface area contributed by atoms with Gasteiger partial charge in [-0.05, 0) is 0 Å². The van der Waals surface area contributed by atoms with Crippen molar-refractivity contribution in [2.24, 2.45) is 0 Å². The summed E-state index contributed by atoms with van der Waals surface area (Å²) >= 11 is 2.69. The van der Waals surface area contributed by atoms with E-state index in [0.29, 0.717) is 0 Å². The Balaban J connectivity index is 2.40. The van der Waals surface area contributed by atoms with Crippen molar-refractivity contribution in [3.8, 4) is 0 Å². The maximum absolute atomic E-state index is 4.75. The van der Waals surface area contributed by atoms with E-state index in [1.165, 1.54) is 0 Å². The van der Waals surface area contributed by atoms with Crippen LogP contribution in [0.2, 0.25) is 0 Å². The molecule has 30 valence electrons. The topological polar surface area (TPSA) is 9.23 Å². The van der Waals surface area contributed by atoms with Crippen LogP contribution >= 0.6 is 7.05 Å². The third kappa shape index (κ3) is 4.78. The van der Waals surface area contributed by atoms with Gasteiger partial charge in [0.1, 0.15) is 0 Å². The summed E-state index contributed by atoms with van der Waals surface area (Å²) in [6, 6.07) is 0. The van der Waals surface area contributed by atoms with Crippen LogP contribution in [0.25, 0.3) is 0 Å². The Labute approximate surface area is 40.8 Å². The molecule has 0 saturated carbocycles. The molecule has 0 amide bonds. The van der Waals surface area contributed by atoms with Gasteiger partial charge >= 0.3 is 40.2 Å². The quantitative estimate of drug-likeness (QED) is 0.426. The van der Waals surface area contributed by atoms with Crippen molar-refractivity contribution < 1.29 is 4.52 Å². The molecule has 0 atom stereocenters. The van der Waals surface area contributed by atoms with Crippen LogP contribution in [-0.4, -0.2) is 21.7 Å². The molecule has 0 heterocycles. The Kier molecular flexibility index (Phi) is 5.52. The Morgan fingerprint density at radius 2 is 2.60 bits per heavy atom. The number of rotatable bonds is 2. The molecular formula is C2H5OPSe. The summed E-state index contributed by atoms with van der Waals surface area (Å²) in [6.07, 6.45) is 0. The van der Waals surface area contributed by atoms with Gasteiger partial charge in [-0.25, -0.2) is 0 Å². The van der Waals surface area contributed by atoms with Crippen LogP contribution in [0.3, 0.4) is 0 Å². The first-order chi connectivity index (χ1) is 2.41. The van der Waals surface area contributed by atoms with Crippen molar-refractivity contribution in [2.75, 3.05) is 6.61 Å². The van der Waals surface area contributed by atoms with Crippen molar-refractivity contribution in [1.29, 1.82) is 0 Å². The summed E-state index contributed by atoms with van der Waals surface area (Å²) in [7, 11) is 0.905. The Hall–Kier alpha value is 0.779. The fraction of sp³-hybridized carbons (Fsp3) is 1.00. The van der Waals surface area contributed by atoms with Crippen LogP contribution in [0, 0.1) is 0 Å². The van der Waals surface area contributed by atoms with E-state index in [0.717, 1.165) is 13.7 Å². The second-order valence-corrected chi connectivity index (χ2v) is 1.84. The Morgan fingerprint density at radius 3 is 2.60 bits per heavy atom. The molecule has 0 aliphatic rings. The fourth-order valence-electron chi connectivity index (χ4n) is 0.0527. The Bertz CT molecular complexity index is 30.8. The third-order valence-corrected chi connectivity index (χ3v) is 1.21. The first-order valence-corrected chi connectivity index (χ1v) is 4.39. The van der Waals surface area contributed by atoms with Gasteiger partial charge in [0.25, 0.3) is 0 Å². The van der Waals surface area contributed by atoms with Crippen LogP contribution in [0.15, 0.2) is 0 Å². The maximum atomic E-state index is 4.75. The molecule has 0 aliphatic heterocycles. The molecule has 0 fully saturated rings. The zero-order valence-corrected chi connectivity index (χ0v) is 5.58. The SMILES string of the molecule is CCOP=[Se]. The van der Waals surface area contributed by atoms with E-state index in [-0.39, 0.29) is 0 Å². The zero-order valence-electron chi connectivity index (χ0n) is 2.97. The molecule has 3 heteroatoms. The summed E-state index contributed by atoms with van der Waals surface area (Å²) < 4.78 is 4.75. The molecule has 0 bridgehead atoms. The molecule has 1 nitrogen and oxygen atoms in total. The van der Waals surface area contributed by atoms with E-state index in [9.17, 15) is 0 Å². The summed E-state index contributed by atoms with van der Waals surface area (Å²) in [5.74, 6) is 0. The zero-order chi connectivity index (χ0) is 4.12. The van der Waals surface area contributed by atoms with Crippen LogP contribution < -0.4 is 0 Å². The third-order valence-electron chi connectivity index (χ3n) is 0.182. The average Bonchev–Trinajstić information content (AvgIpc) is 1.41. The van der Waals surface area contributed by atoms with Crippen LogP contribution in [0.4, 0.5) is 0 Å². The predicted molar refractivity (Wildman–Crippen MR) is 24.3 cm³/mol. The van der Waals surface area contributed by atoms with Crippen molar-refractivity contribution >= 4 is 22.2 Å². The van der Waals surface area contributed by atoms with Gasteiger partial charge in [0, 0.05) is 0 Å². The van der Waals surface area contributed by atoms with E-state index in [1.807, 2.05) is 6.92 Å². The molecule has 0 saturated heterocycles. The fourth-order valence-corrected chi connectivity index (χ4v) is 0.822. The van der Waals surface area contributed by atoms with Crippen molar-refractivity contribution in [3.63, 3.8) is 0 Å². The van der Waals surface area contributed by atoms with Gasteiger partial charge in [-0.3, -0.25) is 0 Å². The Morgan fingerprint density at radius 1 is 2.00 bits per heavy atom. The van der Waals surface area contributed by atoms with E-state index < -0.39 is 0 Å². The summed E-state index contributed by atoms with van der Waals surface area (Å²) in [5.41, 5.74) is 0. The van der Waals surface area contributed by atoms with Crippen LogP contribution in [0.1, 0.15) is 6.92 Å². The van der Waals surface area contributed by atoms with E-state index in [1.54, 1.807) is 0 Å². The molecule has 0 radical (unpaired) electrons. The molecule has 0 spiro atoms. The van der Waals surface area contributed by atoms with Crippen LogP contribution in [0.5, 0.6) is 0 Å². The van der Waals surface area contributed by atoms with E-state index in [2.05, 4.69) is 15.1 Å². The van der Waals surface area contributed by atoms with Gasteiger partial charge < -0.3 is 0 Å². The minimum atomic E-state index is 0.800. The molecule has 0 N–H and O–H groups in total. The molecule has 0 aromatic carbocycles. The van der Waals surface area contributed by atoms with Crippen molar-refractivity contribution in [3.05, 3.63) is 0 Å². The first kappa shape index (κ1) is 5.78. The average molecular weight is 155 g/mol. The summed E-state index contributed by atoms with van der Waals surface area (Å²) in [4.78, 5) is 0. The van der Waals surface area contributed by atoms with Gasteiger partial charge in [-0.2, -0.15) is 0 Å². The minimum absolute atomic E-state index is 0.800. The molecule has 0 aliphatic carbocycles. The van der Waals surface area contributed by atoms with E-state index >= 15 is 0 Å². The molecule has 0 rings (SSSR count). The van der Waals surface area contributed by atoms with Gasteiger partial charge in [-0.1, -0.05) is 0 Å². The molecule has 0 aromatic rings. The predicted octanol–water partition coefficient (Wildman–Crippen LogP) is 0.968. The molecule has 0 aromatic heterocycles. The second-order valence-electron chi connectivity index (χ2n) is 0.492. The van der Waals surface area contributed by atoms with Gasteiger partial charge in [-0.15, -0.1) is 0 Å². The first-order valence-electron chi connectivity index (χ1n) is 1.36. The molecule has 0 unspecified atom stereocenters. The van der Waals surface area contributed by atoms with Crippen LogP contribution in [-0.2, 0) is 4.52 Å². The standard InChI is InChI=1S/C2H5OPSe/c1-2-3-4-5/h2H2,1H3. The number of hydrogen-bond acceptors (Lipinski definition) is 1. The number of hydrogen-bond donors (Lipinski definition) is 0. The second kappa shape index (κ2) is 4.78. The van der Waals surface area contributed by atoms with E-state index in [4.69, 9.17) is 4.52 Å².